The van der Waals surface area contributed by atoms with Crippen LogP contribution in [0.2, 0.25) is 0 Å². The quantitative estimate of drug-likeness (QED) is 0.691. The Hall–Kier alpha value is -0.970. The van der Waals surface area contributed by atoms with Gasteiger partial charge in [0.15, 0.2) is 0 Å². The number of hydrogen-bond acceptors (Lipinski definition) is 2. The average molecular weight is 230 g/mol. The second-order valence-corrected chi connectivity index (χ2v) is 3.24. The molecule has 0 spiro atoms. The lowest BCUT2D eigenvalue weighted by Crippen LogP contribution is -1.89. The predicted molar refractivity (Wildman–Crippen MR) is 46.2 cm³/mol. The minimum absolute atomic E-state index is 0.317. The summed E-state index contributed by atoms with van der Waals surface area (Å²) in [5.74, 6) is -0.317. The molecule has 0 aliphatic carbocycles. The van der Waals surface area contributed by atoms with E-state index in [1.165, 1.54) is 6.07 Å². The highest BCUT2D eigenvalue weighted by Crippen LogP contribution is 2.23. The van der Waals surface area contributed by atoms with Gasteiger partial charge in [-0.05, 0) is 28.1 Å². The Kier molecular flexibility index (Phi) is 1.61. The molecule has 0 fully saturated rings. The van der Waals surface area contributed by atoms with Crippen LogP contribution in [0.25, 0.3) is 11.0 Å². The number of aryl methyl sites for hydroxylation is 1. The van der Waals surface area contributed by atoms with Gasteiger partial charge in [-0.25, -0.2) is 9.07 Å². The molecule has 0 bridgehead atoms. The van der Waals surface area contributed by atoms with Crippen LogP contribution in [0, 0.1) is 5.82 Å². The number of halogens is 2. The molecule has 12 heavy (non-hydrogen) atoms. The van der Waals surface area contributed by atoms with Crippen LogP contribution in [0.3, 0.4) is 0 Å². The number of nitrogens with zero attached hydrogens (tertiary/aromatic N) is 3. The van der Waals surface area contributed by atoms with Crippen LogP contribution >= 0.6 is 15.9 Å². The van der Waals surface area contributed by atoms with E-state index >= 15 is 0 Å². The van der Waals surface area contributed by atoms with Gasteiger partial charge >= 0.3 is 0 Å². The molecule has 1 aromatic heterocycles. The molecular weight excluding hydrogens is 225 g/mol. The third kappa shape index (κ3) is 0.929. The van der Waals surface area contributed by atoms with Gasteiger partial charge in [0.1, 0.15) is 11.3 Å². The SMILES string of the molecule is Cn1nnc2c(Br)c(F)ccc21. The van der Waals surface area contributed by atoms with Crippen LogP contribution in [0.15, 0.2) is 16.6 Å². The number of fused-ring (bicyclic) bond motifs is 1. The second-order valence-electron chi connectivity index (χ2n) is 2.44. The summed E-state index contributed by atoms with van der Waals surface area (Å²) in [6.45, 7) is 0. The topological polar surface area (TPSA) is 30.7 Å². The number of hydrogen-bond donors (Lipinski definition) is 0. The van der Waals surface area contributed by atoms with Gasteiger partial charge in [-0.2, -0.15) is 0 Å². The van der Waals surface area contributed by atoms with Gasteiger partial charge in [-0.1, -0.05) is 5.21 Å². The Morgan fingerprint density at radius 2 is 2.25 bits per heavy atom. The Morgan fingerprint density at radius 3 is 3.00 bits per heavy atom. The molecule has 0 atom stereocenters. The van der Waals surface area contributed by atoms with E-state index in [2.05, 4.69) is 26.2 Å². The van der Waals surface area contributed by atoms with Crippen molar-refractivity contribution in [3.8, 4) is 0 Å². The highest BCUT2D eigenvalue weighted by Gasteiger charge is 2.08. The molecule has 2 rings (SSSR count). The molecule has 0 aliphatic rings. The zero-order valence-electron chi connectivity index (χ0n) is 6.25. The van der Waals surface area contributed by atoms with E-state index in [1.54, 1.807) is 17.8 Å². The van der Waals surface area contributed by atoms with Crippen molar-refractivity contribution in [2.45, 2.75) is 0 Å². The molecule has 62 valence electrons. The molecule has 0 N–H and O–H groups in total. The minimum Gasteiger partial charge on any atom is -0.248 e. The maximum Gasteiger partial charge on any atom is 0.139 e. The van der Waals surface area contributed by atoms with Gasteiger partial charge in [0.25, 0.3) is 0 Å². The van der Waals surface area contributed by atoms with Crippen molar-refractivity contribution in [3.05, 3.63) is 22.4 Å². The summed E-state index contributed by atoms with van der Waals surface area (Å²) in [4.78, 5) is 0. The molecule has 3 nitrogen and oxygen atoms in total. The van der Waals surface area contributed by atoms with Crippen LogP contribution in [0.5, 0.6) is 0 Å². The van der Waals surface area contributed by atoms with Gasteiger partial charge in [-0.3, -0.25) is 0 Å². The molecule has 2 aromatic rings. The summed E-state index contributed by atoms with van der Waals surface area (Å²) in [6, 6.07) is 3.03. The Morgan fingerprint density at radius 1 is 1.50 bits per heavy atom. The first-order valence-corrected chi connectivity index (χ1v) is 4.13. The summed E-state index contributed by atoms with van der Waals surface area (Å²) in [5, 5.41) is 7.57. The van der Waals surface area contributed by atoms with E-state index < -0.39 is 0 Å². The first-order chi connectivity index (χ1) is 5.70. The van der Waals surface area contributed by atoms with E-state index in [4.69, 9.17) is 0 Å². The largest absolute Gasteiger partial charge is 0.248 e. The van der Waals surface area contributed by atoms with Crippen molar-refractivity contribution in [2.75, 3.05) is 0 Å². The summed E-state index contributed by atoms with van der Waals surface area (Å²) >= 11 is 3.10. The Bertz CT molecular complexity index is 437. The zero-order chi connectivity index (χ0) is 8.72. The van der Waals surface area contributed by atoms with Crippen molar-refractivity contribution < 1.29 is 4.39 Å². The van der Waals surface area contributed by atoms with Crippen molar-refractivity contribution in [2.24, 2.45) is 7.05 Å². The van der Waals surface area contributed by atoms with E-state index in [9.17, 15) is 4.39 Å². The normalized spacial score (nSPS) is 10.9. The molecule has 5 heteroatoms. The maximum absolute atomic E-state index is 12.9. The fourth-order valence-corrected chi connectivity index (χ4v) is 1.46. The maximum atomic E-state index is 12.9. The third-order valence-electron chi connectivity index (χ3n) is 1.68. The fourth-order valence-electron chi connectivity index (χ4n) is 1.05. The first kappa shape index (κ1) is 7.67. The summed E-state index contributed by atoms with van der Waals surface area (Å²) in [6.07, 6.45) is 0. The predicted octanol–water partition coefficient (Wildman–Crippen LogP) is 1.87. The highest BCUT2D eigenvalue weighted by atomic mass is 79.9. The van der Waals surface area contributed by atoms with E-state index in [1.807, 2.05) is 0 Å². The van der Waals surface area contributed by atoms with Crippen molar-refractivity contribution in [1.82, 2.24) is 15.0 Å². The summed E-state index contributed by atoms with van der Waals surface area (Å²) in [5.41, 5.74) is 1.36. The highest BCUT2D eigenvalue weighted by molar-refractivity contribution is 9.10. The molecule has 1 heterocycles. The summed E-state index contributed by atoms with van der Waals surface area (Å²) < 4.78 is 14.9. The Balaban J connectivity index is 2.93. The Labute approximate surface area is 76.3 Å². The van der Waals surface area contributed by atoms with Crippen molar-refractivity contribution >= 4 is 27.0 Å². The van der Waals surface area contributed by atoms with Crippen LogP contribution in [-0.4, -0.2) is 15.0 Å². The van der Waals surface area contributed by atoms with E-state index in [-0.39, 0.29) is 5.82 Å². The lowest BCUT2D eigenvalue weighted by atomic mass is 10.3. The van der Waals surface area contributed by atoms with Gasteiger partial charge in [0.05, 0.1) is 9.99 Å². The minimum atomic E-state index is -0.317. The van der Waals surface area contributed by atoms with Gasteiger partial charge < -0.3 is 0 Å². The molecule has 1 aromatic carbocycles. The molecule has 0 radical (unpaired) electrons. The number of benzene rings is 1. The van der Waals surface area contributed by atoms with Crippen LogP contribution in [0.4, 0.5) is 4.39 Å². The number of rotatable bonds is 0. The second kappa shape index (κ2) is 2.52. The van der Waals surface area contributed by atoms with Gasteiger partial charge in [-0.15, -0.1) is 5.10 Å². The van der Waals surface area contributed by atoms with Gasteiger partial charge in [0.2, 0.25) is 0 Å². The lowest BCUT2D eigenvalue weighted by Gasteiger charge is -1.94. The van der Waals surface area contributed by atoms with Gasteiger partial charge in [0, 0.05) is 7.05 Å². The molecular formula is C7H5BrFN3. The first-order valence-electron chi connectivity index (χ1n) is 3.33. The third-order valence-corrected chi connectivity index (χ3v) is 2.43. The van der Waals surface area contributed by atoms with Crippen molar-refractivity contribution in [1.29, 1.82) is 0 Å². The van der Waals surface area contributed by atoms with Crippen molar-refractivity contribution in [3.63, 3.8) is 0 Å². The standard InChI is InChI=1S/C7H5BrFN3/c1-12-5-3-2-4(9)6(8)7(5)10-11-12/h2-3H,1H3. The molecule has 0 saturated carbocycles. The zero-order valence-corrected chi connectivity index (χ0v) is 7.84. The van der Waals surface area contributed by atoms with E-state index in [0.29, 0.717) is 9.99 Å². The molecule has 0 aliphatic heterocycles. The molecule has 0 saturated heterocycles. The molecule has 0 unspecified atom stereocenters. The lowest BCUT2D eigenvalue weighted by molar-refractivity contribution is 0.623. The van der Waals surface area contributed by atoms with E-state index in [0.717, 1.165) is 5.52 Å². The van der Waals surface area contributed by atoms with Crippen LogP contribution in [0.1, 0.15) is 0 Å². The average Bonchev–Trinajstić information content (AvgIpc) is 2.41. The fraction of sp³-hybridized carbons (Fsp3) is 0.143. The van der Waals surface area contributed by atoms with Crippen LogP contribution in [-0.2, 0) is 7.05 Å². The monoisotopic (exact) mass is 229 g/mol. The molecule has 0 amide bonds. The number of aromatic nitrogens is 3. The summed E-state index contributed by atoms with van der Waals surface area (Å²) in [7, 11) is 1.76. The van der Waals surface area contributed by atoms with Crippen LogP contribution < -0.4 is 0 Å². The smallest absolute Gasteiger partial charge is 0.139 e.